The van der Waals surface area contributed by atoms with Crippen LogP contribution in [0, 0.1) is 17.0 Å². The molecule has 0 unspecified atom stereocenters. The minimum atomic E-state index is -0.445. The number of nitrogens with one attached hydrogen (secondary N) is 1. The lowest BCUT2D eigenvalue weighted by molar-refractivity contribution is -0.385. The molecule has 0 saturated carbocycles. The quantitative estimate of drug-likeness (QED) is 0.648. The molecule has 0 bridgehead atoms. The Morgan fingerprint density at radius 1 is 1.29 bits per heavy atom. The highest BCUT2D eigenvalue weighted by Gasteiger charge is 2.16. The Morgan fingerprint density at radius 3 is 2.67 bits per heavy atom. The third-order valence-corrected chi connectivity index (χ3v) is 3.78. The van der Waals surface area contributed by atoms with Gasteiger partial charge in [-0.25, -0.2) is 0 Å². The summed E-state index contributed by atoms with van der Waals surface area (Å²) in [5.74, 6) is 1.10. The Bertz CT molecular complexity index is 674. The molecule has 0 aliphatic rings. The first kappa shape index (κ1) is 15.5. The number of hydrogen-bond acceptors (Lipinski definition) is 4. The molecule has 0 radical (unpaired) electrons. The molecular weight excluding hydrogens is 336 g/mol. The van der Waals surface area contributed by atoms with E-state index in [4.69, 9.17) is 4.74 Å². The predicted octanol–water partition coefficient (Wildman–Crippen LogP) is 4.18. The van der Waals surface area contributed by atoms with Crippen LogP contribution in [0.2, 0.25) is 0 Å². The summed E-state index contributed by atoms with van der Waals surface area (Å²) in [6.07, 6.45) is 0. The number of halogens is 1. The number of nitro groups is 1. The number of ether oxygens (including phenoxy) is 1. The van der Waals surface area contributed by atoms with Crippen molar-refractivity contribution in [1.29, 1.82) is 0 Å². The predicted molar refractivity (Wildman–Crippen MR) is 84.8 cm³/mol. The van der Waals surface area contributed by atoms with Gasteiger partial charge in [0.25, 0.3) is 5.69 Å². The number of aryl methyl sites for hydroxylation is 1. The van der Waals surface area contributed by atoms with Crippen LogP contribution in [-0.2, 0) is 6.54 Å². The van der Waals surface area contributed by atoms with Crippen molar-refractivity contribution >= 4 is 21.6 Å². The molecule has 0 amide bonds. The molecule has 1 N–H and O–H groups in total. The van der Waals surface area contributed by atoms with Crippen molar-refractivity contribution in [2.45, 2.75) is 13.5 Å². The number of rotatable bonds is 5. The molecule has 0 aliphatic heterocycles. The third-order valence-electron chi connectivity index (χ3n) is 2.98. The van der Waals surface area contributed by atoms with Crippen LogP contribution >= 0.6 is 15.9 Å². The van der Waals surface area contributed by atoms with Gasteiger partial charge in [-0.05, 0) is 53.2 Å². The molecule has 0 heterocycles. The smallest absolute Gasteiger partial charge is 0.287 e. The Balaban J connectivity index is 2.30. The molecule has 2 aromatic carbocycles. The third kappa shape index (κ3) is 3.59. The highest BCUT2D eigenvalue weighted by atomic mass is 79.9. The van der Waals surface area contributed by atoms with Gasteiger partial charge in [-0.2, -0.15) is 0 Å². The molecule has 0 fully saturated rings. The molecule has 0 spiro atoms. The van der Waals surface area contributed by atoms with Crippen LogP contribution in [-0.4, -0.2) is 12.0 Å². The molecule has 2 rings (SSSR count). The van der Waals surface area contributed by atoms with Crippen LogP contribution in [0.1, 0.15) is 11.1 Å². The molecular formula is C15H15BrN2O3. The standard InChI is InChI=1S/C15H15BrN2O3/c1-10-8-11(9-17-2)6-7-13(10)21-14-5-3-4-12(15(14)16)18(19)20/h3-8,17H,9H2,1-2H3. The van der Waals surface area contributed by atoms with Crippen molar-refractivity contribution in [3.63, 3.8) is 0 Å². The van der Waals surface area contributed by atoms with Gasteiger partial charge in [0, 0.05) is 12.6 Å². The lowest BCUT2D eigenvalue weighted by Gasteiger charge is -2.11. The summed E-state index contributed by atoms with van der Waals surface area (Å²) in [5, 5.41) is 14.0. The summed E-state index contributed by atoms with van der Waals surface area (Å²) in [6.45, 7) is 2.72. The van der Waals surface area contributed by atoms with Crippen molar-refractivity contribution in [3.05, 3.63) is 62.1 Å². The van der Waals surface area contributed by atoms with Crippen molar-refractivity contribution in [3.8, 4) is 11.5 Å². The minimum absolute atomic E-state index is 0.0167. The van der Waals surface area contributed by atoms with Crippen LogP contribution in [0.3, 0.4) is 0 Å². The van der Waals surface area contributed by atoms with E-state index in [1.54, 1.807) is 12.1 Å². The van der Waals surface area contributed by atoms with Crippen molar-refractivity contribution in [2.75, 3.05) is 7.05 Å². The zero-order valence-corrected chi connectivity index (χ0v) is 13.3. The maximum atomic E-state index is 10.9. The van der Waals surface area contributed by atoms with Crippen LogP contribution < -0.4 is 10.1 Å². The zero-order valence-electron chi connectivity index (χ0n) is 11.7. The first-order valence-corrected chi connectivity index (χ1v) is 7.17. The largest absolute Gasteiger partial charge is 0.456 e. The fourth-order valence-corrected chi connectivity index (χ4v) is 2.47. The minimum Gasteiger partial charge on any atom is -0.456 e. The summed E-state index contributed by atoms with van der Waals surface area (Å²) >= 11 is 3.23. The first-order valence-electron chi connectivity index (χ1n) is 6.38. The van der Waals surface area contributed by atoms with Crippen LogP contribution in [0.25, 0.3) is 0 Å². The zero-order chi connectivity index (χ0) is 15.4. The van der Waals surface area contributed by atoms with Crippen molar-refractivity contribution < 1.29 is 9.66 Å². The topological polar surface area (TPSA) is 64.4 Å². The maximum Gasteiger partial charge on any atom is 0.287 e. The Morgan fingerprint density at radius 2 is 2.05 bits per heavy atom. The lowest BCUT2D eigenvalue weighted by atomic mass is 10.1. The van der Waals surface area contributed by atoms with Crippen LogP contribution in [0.4, 0.5) is 5.69 Å². The number of nitro benzene ring substituents is 1. The number of nitrogens with zero attached hydrogens (tertiary/aromatic N) is 1. The van der Waals surface area contributed by atoms with E-state index >= 15 is 0 Å². The number of hydrogen-bond donors (Lipinski definition) is 1. The van der Waals surface area contributed by atoms with E-state index in [1.165, 1.54) is 6.07 Å². The van der Waals surface area contributed by atoms with Gasteiger partial charge in [0.15, 0.2) is 0 Å². The fourth-order valence-electron chi connectivity index (χ4n) is 1.98. The van der Waals surface area contributed by atoms with E-state index in [-0.39, 0.29) is 5.69 Å². The Kier molecular flexibility index (Phi) is 4.93. The van der Waals surface area contributed by atoms with Gasteiger partial charge in [0.2, 0.25) is 0 Å². The van der Waals surface area contributed by atoms with Crippen LogP contribution in [0.15, 0.2) is 40.9 Å². The van der Waals surface area contributed by atoms with E-state index in [1.807, 2.05) is 32.2 Å². The van der Waals surface area contributed by atoms with Gasteiger partial charge in [-0.15, -0.1) is 0 Å². The molecule has 5 nitrogen and oxygen atoms in total. The summed E-state index contributed by atoms with van der Waals surface area (Å²) in [7, 11) is 1.89. The fraction of sp³-hybridized carbons (Fsp3) is 0.200. The highest BCUT2D eigenvalue weighted by molar-refractivity contribution is 9.10. The van der Waals surface area contributed by atoms with Gasteiger partial charge < -0.3 is 10.1 Å². The molecule has 110 valence electrons. The Hall–Kier alpha value is -1.92. The van der Waals surface area contributed by atoms with Gasteiger partial charge in [0.1, 0.15) is 16.0 Å². The normalized spacial score (nSPS) is 10.4. The van der Waals surface area contributed by atoms with E-state index in [0.717, 1.165) is 17.7 Å². The van der Waals surface area contributed by atoms with Crippen LogP contribution in [0.5, 0.6) is 11.5 Å². The average Bonchev–Trinajstić information content (AvgIpc) is 2.44. The lowest BCUT2D eigenvalue weighted by Crippen LogP contribution is -2.05. The molecule has 2 aromatic rings. The average molecular weight is 351 g/mol. The molecule has 0 aromatic heterocycles. The maximum absolute atomic E-state index is 10.9. The second-order valence-corrected chi connectivity index (χ2v) is 5.37. The van der Waals surface area contributed by atoms with Gasteiger partial charge >= 0.3 is 0 Å². The second kappa shape index (κ2) is 6.69. The van der Waals surface area contributed by atoms with Gasteiger partial charge in [-0.3, -0.25) is 10.1 Å². The molecule has 21 heavy (non-hydrogen) atoms. The molecule has 0 aliphatic carbocycles. The summed E-state index contributed by atoms with van der Waals surface area (Å²) in [6, 6.07) is 10.6. The Labute approximate surface area is 131 Å². The molecule has 0 atom stereocenters. The van der Waals surface area contributed by atoms with E-state index in [2.05, 4.69) is 21.2 Å². The summed E-state index contributed by atoms with van der Waals surface area (Å²) < 4.78 is 6.13. The summed E-state index contributed by atoms with van der Waals surface area (Å²) in [5.41, 5.74) is 2.11. The monoisotopic (exact) mass is 350 g/mol. The molecule has 6 heteroatoms. The van der Waals surface area contributed by atoms with Gasteiger partial charge in [-0.1, -0.05) is 18.2 Å². The summed E-state index contributed by atoms with van der Waals surface area (Å²) in [4.78, 5) is 10.5. The highest BCUT2D eigenvalue weighted by Crippen LogP contribution is 2.37. The van der Waals surface area contributed by atoms with Crippen molar-refractivity contribution in [2.24, 2.45) is 0 Å². The second-order valence-electron chi connectivity index (χ2n) is 4.58. The molecule has 0 saturated heterocycles. The first-order chi connectivity index (χ1) is 10.0. The number of benzene rings is 2. The van der Waals surface area contributed by atoms with E-state index in [9.17, 15) is 10.1 Å². The van der Waals surface area contributed by atoms with Crippen molar-refractivity contribution in [1.82, 2.24) is 5.32 Å². The van der Waals surface area contributed by atoms with E-state index in [0.29, 0.717) is 16.0 Å². The van der Waals surface area contributed by atoms with E-state index < -0.39 is 4.92 Å². The van der Waals surface area contributed by atoms with Gasteiger partial charge in [0.05, 0.1) is 4.92 Å². The SMILES string of the molecule is CNCc1ccc(Oc2cccc([N+](=O)[O-])c2Br)c(C)c1.